The highest BCUT2D eigenvalue weighted by molar-refractivity contribution is 6.03. The molecule has 0 bridgehead atoms. The van der Waals surface area contributed by atoms with Crippen LogP contribution < -0.4 is 19.7 Å². The number of aromatic nitrogens is 1. The lowest BCUT2D eigenvalue weighted by Gasteiger charge is -2.17. The SMILES string of the molecule is COc1cccc(N2C[C@H](C(=O)Nc3cccnc3OC)CC2=O)c1. The molecular weight excluding hydrogens is 322 g/mol. The van der Waals surface area contributed by atoms with Crippen LogP contribution in [0.5, 0.6) is 11.6 Å². The summed E-state index contributed by atoms with van der Waals surface area (Å²) in [7, 11) is 3.06. The van der Waals surface area contributed by atoms with Crippen LogP contribution in [-0.4, -0.2) is 37.6 Å². The number of nitrogens with one attached hydrogen (secondary N) is 1. The quantitative estimate of drug-likeness (QED) is 0.901. The molecule has 130 valence electrons. The molecule has 0 unspecified atom stereocenters. The van der Waals surface area contributed by atoms with Gasteiger partial charge in [-0.05, 0) is 24.3 Å². The highest BCUT2D eigenvalue weighted by Crippen LogP contribution is 2.29. The van der Waals surface area contributed by atoms with E-state index in [2.05, 4.69) is 10.3 Å². The predicted molar refractivity (Wildman–Crippen MR) is 92.9 cm³/mol. The van der Waals surface area contributed by atoms with Crippen molar-refractivity contribution < 1.29 is 19.1 Å². The van der Waals surface area contributed by atoms with Crippen molar-refractivity contribution in [1.82, 2.24) is 4.98 Å². The van der Waals surface area contributed by atoms with Crippen molar-refractivity contribution in [2.75, 3.05) is 31.0 Å². The minimum atomic E-state index is -0.441. The Morgan fingerprint density at radius 2 is 2.08 bits per heavy atom. The zero-order chi connectivity index (χ0) is 17.8. The number of hydrogen-bond donors (Lipinski definition) is 1. The molecule has 1 N–H and O–H groups in total. The summed E-state index contributed by atoms with van der Waals surface area (Å²) in [4.78, 5) is 30.5. The van der Waals surface area contributed by atoms with E-state index in [9.17, 15) is 9.59 Å². The van der Waals surface area contributed by atoms with Gasteiger partial charge >= 0.3 is 0 Å². The van der Waals surface area contributed by atoms with Crippen LogP contribution in [0.15, 0.2) is 42.6 Å². The Kier molecular flexibility index (Phi) is 4.83. The summed E-state index contributed by atoms with van der Waals surface area (Å²) in [5.74, 6) is 0.239. The predicted octanol–water partition coefficient (Wildman–Crippen LogP) is 2.09. The second kappa shape index (κ2) is 7.21. The minimum Gasteiger partial charge on any atom is -0.497 e. The number of benzene rings is 1. The highest BCUT2D eigenvalue weighted by Gasteiger charge is 2.35. The molecule has 25 heavy (non-hydrogen) atoms. The average Bonchev–Trinajstić information content (AvgIpc) is 3.04. The third kappa shape index (κ3) is 3.55. The second-order valence-electron chi connectivity index (χ2n) is 5.66. The van der Waals surface area contributed by atoms with Gasteiger partial charge in [0, 0.05) is 30.9 Å². The molecule has 2 amide bonds. The molecule has 0 radical (unpaired) electrons. The molecule has 1 saturated heterocycles. The van der Waals surface area contributed by atoms with Crippen LogP contribution in [0.1, 0.15) is 6.42 Å². The van der Waals surface area contributed by atoms with Crippen LogP contribution in [0.2, 0.25) is 0 Å². The van der Waals surface area contributed by atoms with Gasteiger partial charge in [-0.3, -0.25) is 9.59 Å². The number of nitrogens with zero attached hydrogens (tertiary/aromatic N) is 2. The normalized spacial score (nSPS) is 16.6. The van der Waals surface area contributed by atoms with E-state index in [1.54, 1.807) is 36.4 Å². The van der Waals surface area contributed by atoms with E-state index in [-0.39, 0.29) is 18.2 Å². The van der Waals surface area contributed by atoms with Gasteiger partial charge in [0.05, 0.1) is 20.1 Å². The number of hydrogen-bond acceptors (Lipinski definition) is 5. The maximum absolute atomic E-state index is 12.5. The molecule has 7 heteroatoms. The summed E-state index contributed by atoms with van der Waals surface area (Å²) in [6, 6.07) is 10.6. The summed E-state index contributed by atoms with van der Waals surface area (Å²) < 4.78 is 10.3. The van der Waals surface area contributed by atoms with Crippen molar-refractivity contribution >= 4 is 23.2 Å². The molecule has 2 heterocycles. The van der Waals surface area contributed by atoms with Crippen molar-refractivity contribution in [2.45, 2.75) is 6.42 Å². The lowest BCUT2D eigenvalue weighted by Crippen LogP contribution is -2.28. The lowest BCUT2D eigenvalue weighted by molar-refractivity contribution is -0.122. The Bertz CT molecular complexity index is 793. The number of ether oxygens (including phenoxy) is 2. The third-order valence-corrected chi connectivity index (χ3v) is 4.08. The lowest BCUT2D eigenvalue weighted by atomic mass is 10.1. The first-order valence-corrected chi connectivity index (χ1v) is 7.86. The van der Waals surface area contributed by atoms with E-state index in [0.717, 1.165) is 5.69 Å². The summed E-state index contributed by atoms with van der Waals surface area (Å²) in [6.45, 7) is 0.320. The van der Waals surface area contributed by atoms with E-state index < -0.39 is 5.92 Å². The van der Waals surface area contributed by atoms with E-state index in [0.29, 0.717) is 23.9 Å². The first-order chi connectivity index (χ1) is 12.1. The van der Waals surface area contributed by atoms with Gasteiger partial charge in [0.2, 0.25) is 17.7 Å². The number of pyridine rings is 1. The number of methoxy groups -OCH3 is 2. The Hall–Kier alpha value is -3.09. The van der Waals surface area contributed by atoms with Crippen LogP contribution >= 0.6 is 0 Å². The number of anilines is 2. The highest BCUT2D eigenvalue weighted by atomic mass is 16.5. The fourth-order valence-corrected chi connectivity index (χ4v) is 2.79. The van der Waals surface area contributed by atoms with Gasteiger partial charge < -0.3 is 19.7 Å². The fourth-order valence-electron chi connectivity index (χ4n) is 2.79. The molecule has 1 aliphatic rings. The van der Waals surface area contributed by atoms with Crippen molar-refractivity contribution in [3.63, 3.8) is 0 Å². The van der Waals surface area contributed by atoms with Crippen molar-refractivity contribution in [3.05, 3.63) is 42.6 Å². The molecule has 1 aromatic heterocycles. The minimum absolute atomic E-state index is 0.0912. The smallest absolute Gasteiger partial charge is 0.237 e. The molecule has 1 aliphatic heterocycles. The summed E-state index contributed by atoms with van der Waals surface area (Å²) in [5, 5.41) is 2.79. The van der Waals surface area contributed by atoms with E-state index in [1.165, 1.54) is 7.11 Å². The molecule has 2 aromatic rings. The Labute approximate surface area is 145 Å². The first kappa shape index (κ1) is 16.8. The second-order valence-corrected chi connectivity index (χ2v) is 5.66. The first-order valence-electron chi connectivity index (χ1n) is 7.86. The van der Waals surface area contributed by atoms with E-state index in [4.69, 9.17) is 9.47 Å². The molecule has 3 rings (SSSR count). The number of carbonyl (C=O) groups is 2. The molecular formula is C18H19N3O4. The molecule has 1 fully saturated rings. The van der Waals surface area contributed by atoms with Gasteiger partial charge in [-0.1, -0.05) is 6.07 Å². The van der Waals surface area contributed by atoms with Crippen molar-refractivity contribution in [2.24, 2.45) is 5.92 Å². The van der Waals surface area contributed by atoms with Crippen LogP contribution in [-0.2, 0) is 9.59 Å². The number of rotatable bonds is 5. The maximum Gasteiger partial charge on any atom is 0.237 e. The van der Waals surface area contributed by atoms with Gasteiger partial charge in [0.25, 0.3) is 0 Å². The van der Waals surface area contributed by atoms with Crippen LogP contribution in [0.4, 0.5) is 11.4 Å². The largest absolute Gasteiger partial charge is 0.497 e. The van der Waals surface area contributed by atoms with Crippen LogP contribution in [0.25, 0.3) is 0 Å². The van der Waals surface area contributed by atoms with E-state index >= 15 is 0 Å². The zero-order valence-corrected chi connectivity index (χ0v) is 14.1. The van der Waals surface area contributed by atoms with Crippen molar-refractivity contribution in [3.8, 4) is 11.6 Å². The van der Waals surface area contributed by atoms with Gasteiger partial charge in [0.1, 0.15) is 11.4 Å². The Morgan fingerprint density at radius 3 is 2.84 bits per heavy atom. The number of carbonyl (C=O) groups excluding carboxylic acids is 2. The molecule has 0 aliphatic carbocycles. The molecule has 0 spiro atoms. The van der Waals surface area contributed by atoms with Gasteiger partial charge in [0.15, 0.2) is 0 Å². The molecule has 7 nitrogen and oxygen atoms in total. The summed E-state index contributed by atoms with van der Waals surface area (Å²) in [6.07, 6.45) is 1.74. The molecule has 1 atom stereocenters. The van der Waals surface area contributed by atoms with Gasteiger partial charge in [-0.15, -0.1) is 0 Å². The zero-order valence-electron chi connectivity index (χ0n) is 14.1. The number of amides is 2. The van der Waals surface area contributed by atoms with Gasteiger partial charge in [-0.2, -0.15) is 0 Å². The molecule has 1 aromatic carbocycles. The van der Waals surface area contributed by atoms with Crippen molar-refractivity contribution in [1.29, 1.82) is 0 Å². The fraction of sp³-hybridized carbons (Fsp3) is 0.278. The topological polar surface area (TPSA) is 80.8 Å². The molecule has 0 saturated carbocycles. The van der Waals surface area contributed by atoms with Gasteiger partial charge in [-0.25, -0.2) is 4.98 Å². The average molecular weight is 341 g/mol. The Morgan fingerprint density at radius 1 is 1.24 bits per heavy atom. The Balaban J connectivity index is 1.72. The standard InChI is InChI=1S/C18H19N3O4/c1-24-14-6-3-5-13(10-14)21-11-12(9-16(21)22)17(23)20-15-7-4-8-19-18(15)25-2/h3-8,10,12H,9,11H2,1-2H3,(H,20,23)/t12-/m1/s1. The monoisotopic (exact) mass is 341 g/mol. The maximum atomic E-state index is 12.5. The third-order valence-electron chi connectivity index (χ3n) is 4.08. The summed E-state index contributed by atoms with van der Waals surface area (Å²) in [5.41, 5.74) is 1.21. The van der Waals surface area contributed by atoms with Crippen LogP contribution in [0, 0.1) is 5.92 Å². The summed E-state index contributed by atoms with van der Waals surface area (Å²) >= 11 is 0. The van der Waals surface area contributed by atoms with E-state index in [1.807, 2.05) is 18.2 Å². The van der Waals surface area contributed by atoms with Crippen LogP contribution in [0.3, 0.4) is 0 Å².